The molecule has 0 radical (unpaired) electrons. The van der Waals surface area contributed by atoms with Crippen LogP contribution in [0.1, 0.15) is 13.3 Å². The Morgan fingerprint density at radius 2 is 2.21 bits per heavy atom. The molecule has 1 aromatic rings. The number of hydrogen-bond donors (Lipinski definition) is 1. The van der Waals surface area contributed by atoms with E-state index in [1.165, 1.54) is 18.7 Å². The highest BCUT2D eigenvalue weighted by Gasteiger charge is 2.29. The lowest BCUT2D eigenvalue weighted by Crippen LogP contribution is -2.30. The van der Waals surface area contributed by atoms with Gasteiger partial charge in [-0.3, -0.25) is 9.59 Å². The van der Waals surface area contributed by atoms with Crippen molar-refractivity contribution in [1.29, 1.82) is 0 Å². The van der Waals surface area contributed by atoms with Gasteiger partial charge in [-0.15, -0.1) is 11.8 Å². The molecule has 0 bridgehead atoms. The predicted octanol–water partition coefficient (Wildman–Crippen LogP) is 2.13. The summed E-state index contributed by atoms with van der Waals surface area (Å²) in [7, 11) is -2.97. The summed E-state index contributed by atoms with van der Waals surface area (Å²) < 4.78 is 27.8. The summed E-state index contributed by atoms with van der Waals surface area (Å²) in [6.45, 7) is 1.47. The maximum Gasteiger partial charge on any atom is 0.316 e. The molecule has 1 saturated heterocycles. The summed E-state index contributed by atoms with van der Waals surface area (Å²) in [5.41, 5.74) is 0.515. The maximum absolute atomic E-state index is 12.0. The zero-order chi connectivity index (χ0) is 17.7. The third kappa shape index (κ3) is 5.99. The van der Waals surface area contributed by atoms with Crippen LogP contribution in [0.5, 0.6) is 0 Å². The highest BCUT2D eigenvalue weighted by atomic mass is 35.5. The maximum atomic E-state index is 12.0. The zero-order valence-corrected chi connectivity index (χ0v) is 15.4. The highest BCUT2D eigenvalue weighted by Crippen LogP contribution is 2.24. The number of sulfone groups is 1. The summed E-state index contributed by atoms with van der Waals surface area (Å²) in [6.07, 6.45) is -0.408. The lowest BCUT2D eigenvalue weighted by molar-refractivity contribution is -0.150. The van der Waals surface area contributed by atoms with E-state index in [1.807, 2.05) is 0 Å². The van der Waals surface area contributed by atoms with Gasteiger partial charge in [-0.05, 0) is 31.5 Å². The molecule has 0 spiro atoms. The normalized spacial score (nSPS) is 20.3. The molecule has 1 fully saturated rings. The van der Waals surface area contributed by atoms with E-state index in [0.717, 1.165) is 0 Å². The minimum absolute atomic E-state index is 0.0228. The summed E-state index contributed by atoms with van der Waals surface area (Å²) in [5, 5.41) is 3.01. The first-order valence-corrected chi connectivity index (χ1v) is 10.6. The van der Waals surface area contributed by atoms with Gasteiger partial charge in [0.1, 0.15) is 0 Å². The second-order valence-corrected chi connectivity index (χ2v) is 9.42. The molecular formula is C15H18ClNO5S2. The van der Waals surface area contributed by atoms with Crippen LogP contribution in [-0.4, -0.2) is 48.9 Å². The molecule has 9 heteroatoms. The predicted molar refractivity (Wildman–Crippen MR) is 95.2 cm³/mol. The first-order valence-electron chi connectivity index (χ1n) is 7.33. The van der Waals surface area contributed by atoms with Crippen molar-refractivity contribution in [2.75, 3.05) is 22.6 Å². The van der Waals surface area contributed by atoms with Crippen molar-refractivity contribution in [1.82, 2.24) is 0 Å². The monoisotopic (exact) mass is 391 g/mol. The SMILES string of the molecule is C[C@@H](OC(=O)CS[C@H]1CCS(=O)(=O)C1)C(=O)Nc1cccc(Cl)c1. The summed E-state index contributed by atoms with van der Waals surface area (Å²) >= 11 is 7.08. The van der Waals surface area contributed by atoms with Crippen LogP contribution >= 0.6 is 23.4 Å². The second-order valence-electron chi connectivity index (χ2n) is 5.47. The van der Waals surface area contributed by atoms with Gasteiger partial charge in [-0.25, -0.2) is 8.42 Å². The first-order chi connectivity index (χ1) is 11.2. The van der Waals surface area contributed by atoms with Crippen molar-refractivity contribution < 1.29 is 22.7 Å². The quantitative estimate of drug-likeness (QED) is 0.747. The molecule has 6 nitrogen and oxygen atoms in total. The van der Waals surface area contributed by atoms with Crippen LogP contribution in [0.25, 0.3) is 0 Å². The molecular weight excluding hydrogens is 374 g/mol. The number of anilines is 1. The van der Waals surface area contributed by atoms with E-state index in [-0.39, 0.29) is 22.5 Å². The lowest BCUT2D eigenvalue weighted by atomic mass is 10.3. The fourth-order valence-corrected chi connectivity index (χ4v) is 5.79. The molecule has 132 valence electrons. The Balaban J connectivity index is 1.75. The van der Waals surface area contributed by atoms with Crippen LogP contribution in [0.4, 0.5) is 5.69 Å². The zero-order valence-electron chi connectivity index (χ0n) is 13.0. The van der Waals surface area contributed by atoms with Crippen molar-refractivity contribution in [2.24, 2.45) is 0 Å². The van der Waals surface area contributed by atoms with Gasteiger partial charge in [0.05, 0.1) is 17.3 Å². The Morgan fingerprint density at radius 1 is 1.46 bits per heavy atom. The summed E-state index contributed by atoms with van der Waals surface area (Å²) in [4.78, 5) is 23.8. The summed E-state index contributed by atoms with van der Waals surface area (Å²) in [5.74, 6) is -0.722. The largest absolute Gasteiger partial charge is 0.452 e. The van der Waals surface area contributed by atoms with Crippen molar-refractivity contribution >= 4 is 50.8 Å². The average Bonchev–Trinajstić information content (AvgIpc) is 2.84. The van der Waals surface area contributed by atoms with Crippen LogP contribution in [0.15, 0.2) is 24.3 Å². The molecule has 1 aliphatic rings. The fraction of sp³-hybridized carbons (Fsp3) is 0.467. The molecule has 0 aliphatic carbocycles. The third-order valence-electron chi connectivity index (χ3n) is 3.40. The van der Waals surface area contributed by atoms with Crippen LogP contribution in [0.3, 0.4) is 0 Å². The van der Waals surface area contributed by atoms with Gasteiger partial charge in [-0.2, -0.15) is 0 Å². The average molecular weight is 392 g/mol. The Kier molecular flexibility index (Phi) is 6.54. The fourth-order valence-electron chi connectivity index (χ4n) is 2.17. The van der Waals surface area contributed by atoms with Gasteiger partial charge >= 0.3 is 5.97 Å². The number of ether oxygens (including phenoxy) is 1. The lowest BCUT2D eigenvalue weighted by Gasteiger charge is -2.14. The van der Waals surface area contributed by atoms with Gasteiger partial charge < -0.3 is 10.1 Å². The van der Waals surface area contributed by atoms with Gasteiger partial charge in [0, 0.05) is 16.0 Å². The van der Waals surface area contributed by atoms with Gasteiger partial charge in [0.2, 0.25) is 0 Å². The minimum atomic E-state index is -2.97. The van der Waals surface area contributed by atoms with E-state index in [0.29, 0.717) is 17.1 Å². The number of benzene rings is 1. The molecule has 0 unspecified atom stereocenters. The number of carbonyl (C=O) groups excluding carboxylic acids is 2. The van der Waals surface area contributed by atoms with Crippen molar-refractivity contribution in [3.63, 3.8) is 0 Å². The Bertz CT molecular complexity index is 722. The van der Waals surface area contributed by atoms with E-state index in [2.05, 4.69) is 5.32 Å². The molecule has 1 amide bonds. The van der Waals surface area contributed by atoms with Crippen LogP contribution in [-0.2, 0) is 24.2 Å². The van der Waals surface area contributed by atoms with Crippen LogP contribution < -0.4 is 5.32 Å². The topological polar surface area (TPSA) is 89.5 Å². The minimum Gasteiger partial charge on any atom is -0.452 e. The molecule has 1 heterocycles. The van der Waals surface area contributed by atoms with Crippen molar-refractivity contribution in [3.8, 4) is 0 Å². The molecule has 0 aromatic heterocycles. The second kappa shape index (κ2) is 8.22. The molecule has 1 N–H and O–H groups in total. The number of amides is 1. The van der Waals surface area contributed by atoms with E-state index in [4.69, 9.17) is 16.3 Å². The number of nitrogens with one attached hydrogen (secondary N) is 1. The van der Waals surface area contributed by atoms with Gasteiger partial charge in [0.25, 0.3) is 5.91 Å². The van der Waals surface area contributed by atoms with E-state index in [1.54, 1.807) is 24.3 Å². The van der Waals surface area contributed by atoms with Gasteiger partial charge in [-0.1, -0.05) is 17.7 Å². The molecule has 2 rings (SSSR count). The highest BCUT2D eigenvalue weighted by molar-refractivity contribution is 8.02. The standard InChI is InChI=1S/C15H18ClNO5S2/c1-10(15(19)17-12-4-2-3-11(16)7-12)22-14(18)8-23-13-5-6-24(20,21)9-13/h2-4,7,10,13H,5-6,8-9H2,1H3,(H,17,19)/t10-,13+/m1/s1. The molecule has 1 aromatic carbocycles. The molecule has 24 heavy (non-hydrogen) atoms. The van der Waals surface area contributed by atoms with E-state index >= 15 is 0 Å². The Morgan fingerprint density at radius 3 is 2.83 bits per heavy atom. The Hall–Kier alpha value is -1.25. The van der Waals surface area contributed by atoms with Crippen molar-refractivity contribution in [3.05, 3.63) is 29.3 Å². The first kappa shape index (κ1) is 19.1. The van der Waals surface area contributed by atoms with E-state index in [9.17, 15) is 18.0 Å². The third-order valence-corrected chi connectivity index (χ3v) is 6.89. The van der Waals surface area contributed by atoms with Crippen molar-refractivity contribution in [2.45, 2.75) is 24.7 Å². The molecule has 2 atom stereocenters. The summed E-state index contributed by atoms with van der Waals surface area (Å²) in [6, 6.07) is 6.64. The molecule has 0 saturated carbocycles. The van der Waals surface area contributed by atoms with E-state index < -0.39 is 27.8 Å². The Labute approximate surface area is 150 Å². The smallest absolute Gasteiger partial charge is 0.316 e. The number of rotatable bonds is 6. The molecule has 1 aliphatic heterocycles. The number of esters is 1. The van der Waals surface area contributed by atoms with Gasteiger partial charge in [0.15, 0.2) is 15.9 Å². The number of hydrogen-bond acceptors (Lipinski definition) is 6. The van der Waals surface area contributed by atoms with Crippen LogP contribution in [0.2, 0.25) is 5.02 Å². The number of carbonyl (C=O) groups is 2. The number of thioether (sulfide) groups is 1. The van der Waals surface area contributed by atoms with Crippen LogP contribution in [0, 0.1) is 0 Å². The number of halogens is 1.